The minimum Gasteiger partial charge on any atom is -0.366 e. The van der Waals surface area contributed by atoms with Crippen molar-refractivity contribution in [3.05, 3.63) is 35.4 Å². The van der Waals surface area contributed by atoms with E-state index in [4.69, 9.17) is 5.73 Å². The number of hydrogen-bond donors (Lipinski definition) is 2. The Balaban J connectivity index is 1.89. The van der Waals surface area contributed by atoms with Gasteiger partial charge >= 0.3 is 6.03 Å². The number of carbonyl (C=O) groups is 2. The molecule has 108 valence electrons. The van der Waals surface area contributed by atoms with E-state index in [1.807, 2.05) is 13.1 Å². The number of urea groups is 1. The lowest BCUT2D eigenvalue weighted by Gasteiger charge is -2.25. The predicted molar refractivity (Wildman–Crippen MR) is 77.1 cm³/mol. The van der Waals surface area contributed by atoms with Crippen LogP contribution in [0.2, 0.25) is 0 Å². The molecular weight excluding hydrogens is 254 g/mol. The number of hydrogen-bond acceptors (Lipinski definition) is 2. The quantitative estimate of drug-likeness (QED) is 0.858. The molecule has 0 aliphatic heterocycles. The summed E-state index contributed by atoms with van der Waals surface area (Å²) in [5.74, 6) is 0.182. The normalized spacial score (nSPS) is 15.5. The van der Waals surface area contributed by atoms with Crippen LogP contribution in [0.15, 0.2) is 24.3 Å². The third-order valence-electron chi connectivity index (χ3n) is 3.89. The van der Waals surface area contributed by atoms with Gasteiger partial charge in [-0.3, -0.25) is 4.79 Å². The van der Waals surface area contributed by atoms with Crippen molar-refractivity contribution in [3.8, 4) is 0 Å². The van der Waals surface area contributed by atoms with Crippen molar-refractivity contribution in [1.82, 2.24) is 10.2 Å². The molecule has 5 heteroatoms. The molecule has 5 nitrogen and oxygen atoms in total. The molecule has 1 atom stereocenters. The van der Waals surface area contributed by atoms with Gasteiger partial charge in [-0.1, -0.05) is 12.1 Å². The van der Waals surface area contributed by atoms with Crippen LogP contribution in [0.1, 0.15) is 35.7 Å². The van der Waals surface area contributed by atoms with E-state index in [1.165, 1.54) is 12.8 Å². The molecule has 0 bridgehead atoms. The van der Waals surface area contributed by atoms with Gasteiger partial charge in [0.05, 0.1) is 0 Å². The Bertz CT molecular complexity index is 512. The molecule has 1 aliphatic carbocycles. The Hall–Kier alpha value is -2.04. The van der Waals surface area contributed by atoms with Gasteiger partial charge in [0.2, 0.25) is 5.91 Å². The summed E-state index contributed by atoms with van der Waals surface area (Å²) in [4.78, 5) is 24.9. The molecule has 1 aliphatic rings. The van der Waals surface area contributed by atoms with Crippen molar-refractivity contribution in [2.45, 2.75) is 32.4 Å². The zero-order valence-corrected chi connectivity index (χ0v) is 11.9. The van der Waals surface area contributed by atoms with E-state index >= 15 is 0 Å². The van der Waals surface area contributed by atoms with Crippen molar-refractivity contribution in [2.75, 3.05) is 7.05 Å². The number of amides is 3. The first-order valence-electron chi connectivity index (χ1n) is 6.88. The Morgan fingerprint density at radius 2 is 2.15 bits per heavy atom. The number of benzene rings is 1. The first-order chi connectivity index (χ1) is 9.49. The van der Waals surface area contributed by atoms with Gasteiger partial charge in [-0.15, -0.1) is 0 Å². The molecule has 3 amide bonds. The van der Waals surface area contributed by atoms with E-state index in [1.54, 1.807) is 23.1 Å². The third kappa shape index (κ3) is 3.50. The Morgan fingerprint density at radius 3 is 2.75 bits per heavy atom. The predicted octanol–water partition coefficient (Wildman–Crippen LogP) is 1.73. The highest BCUT2D eigenvalue weighted by Crippen LogP contribution is 2.34. The Morgan fingerprint density at radius 1 is 1.45 bits per heavy atom. The zero-order valence-electron chi connectivity index (χ0n) is 11.9. The number of nitrogens with two attached hydrogens (primary N) is 1. The smallest absolute Gasteiger partial charge is 0.317 e. The van der Waals surface area contributed by atoms with E-state index in [2.05, 4.69) is 12.2 Å². The molecule has 0 aromatic heterocycles. The fourth-order valence-corrected chi connectivity index (χ4v) is 2.22. The molecule has 0 spiro atoms. The molecule has 1 aromatic carbocycles. The minimum absolute atomic E-state index is 0.0890. The van der Waals surface area contributed by atoms with Gasteiger partial charge in [-0.2, -0.15) is 0 Å². The van der Waals surface area contributed by atoms with Gasteiger partial charge in [0, 0.05) is 25.2 Å². The summed E-state index contributed by atoms with van der Waals surface area (Å²) < 4.78 is 0. The maximum atomic E-state index is 12.0. The molecule has 20 heavy (non-hydrogen) atoms. The zero-order chi connectivity index (χ0) is 14.7. The van der Waals surface area contributed by atoms with Crippen molar-refractivity contribution in [1.29, 1.82) is 0 Å². The highest BCUT2D eigenvalue weighted by molar-refractivity contribution is 5.92. The number of carbonyl (C=O) groups excluding carboxylic acids is 2. The van der Waals surface area contributed by atoms with Crippen LogP contribution < -0.4 is 11.1 Å². The molecule has 1 saturated carbocycles. The van der Waals surface area contributed by atoms with Gasteiger partial charge in [-0.25, -0.2) is 4.79 Å². The monoisotopic (exact) mass is 275 g/mol. The van der Waals surface area contributed by atoms with Crippen molar-refractivity contribution >= 4 is 11.9 Å². The highest BCUT2D eigenvalue weighted by Gasteiger charge is 2.32. The van der Waals surface area contributed by atoms with E-state index < -0.39 is 5.91 Å². The second kappa shape index (κ2) is 5.94. The van der Waals surface area contributed by atoms with Crippen LogP contribution in [0.4, 0.5) is 4.79 Å². The van der Waals surface area contributed by atoms with Gasteiger partial charge in [-0.05, 0) is 43.4 Å². The van der Waals surface area contributed by atoms with Crippen LogP contribution in [0.5, 0.6) is 0 Å². The maximum Gasteiger partial charge on any atom is 0.317 e. The average Bonchev–Trinajstić information content (AvgIpc) is 3.28. The molecule has 0 saturated heterocycles. The fraction of sp³-hybridized carbons (Fsp3) is 0.467. The second-order valence-corrected chi connectivity index (χ2v) is 5.41. The van der Waals surface area contributed by atoms with Crippen LogP contribution in [-0.2, 0) is 6.54 Å². The molecule has 1 aromatic rings. The first-order valence-corrected chi connectivity index (χ1v) is 6.88. The van der Waals surface area contributed by atoms with Crippen LogP contribution >= 0.6 is 0 Å². The average molecular weight is 275 g/mol. The molecule has 1 fully saturated rings. The van der Waals surface area contributed by atoms with Crippen LogP contribution in [-0.4, -0.2) is 29.9 Å². The van der Waals surface area contributed by atoms with Crippen LogP contribution in [0, 0.1) is 5.92 Å². The lowest BCUT2D eigenvalue weighted by atomic mass is 10.1. The number of rotatable bonds is 5. The summed E-state index contributed by atoms with van der Waals surface area (Å²) in [6.07, 6.45) is 2.42. The summed E-state index contributed by atoms with van der Waals surface area (Å²) >= 11 is 0. The Labute approximate surface area is 119 Å². The lowest BCUT2D eigenvalue weighted by Crippen LogP contribution is -2.43. The SMILES string of the molecule is CC(C1CC1)N(C)C(=O)NCc1cccc(C(N)=O)c1. The first kappa shape index (κ1) is 14.4. The molecule has 2 rings (SSSR count). The third-order valence-corrected chi connectivity index (χ3v) is 3.89. The summed E-state index contributed by atoms with van der Waals surface area (Å²) in [6.45, 7) is 2.46. The molecule has 0 radical (unpaired) electrons. The molecule has 1 unspecified atom stereocenters. The van der Waals surface area contributed by atoms with Crippen LogP contribution in [0.3, 0.4) is 0 Å². The van der Waals surface area contributed by atoms with Crippen molar-refractivity contribution in [3.63, 3.8) is 0 Å². The Kier molecular flexibility index (Phi) is 4.27. The fourth-order valence-electron chi connectivity index (χ4n) is 2.22. The topological polar surface area (TPSA) is 75.4 Å². The van der Waals surface area contributed by atoms with Gasteiger partial charge in [0.15, 0.2) is 0 Å². The lowest BCUT2D eigenvalue weighted by molar-refractivity contribution is 0.1000. The number of nitrogens with zero attached hydrogens (tertiary/aromatic N) is 1. The number of nitrogens with one attached hydrogen (secondary N) is 1. The molecule has 0 heterocycles. The standard InChI is InChI=1S/C15H21N3O2/c1-10(12-6-7-12)18(2)15(20)17-9-11-4-3-5-13(8-11)14(16)19/h3-5,8,10,12H,6-7,9H2,1-2H3,(H2,16,19)(H,17,20). The number of primary amides is 1. The summed E-state index contributed by atoms with van der Waals surface area (Å²) in [7, 11) is 1.82. The second-order valence-electron chi connectivity index (χ2n) is 5.41. The van der Waals surface area contributed by atoms with Crippen LogP contribution in [0.25, 0.3) is 0 Å². The largest absolute Gasteiger partial charge is 0.366 e. The summed E-state index contributed by atoms with van der Waals surface area (Å²) in [5.41, 5.74) is 6.55. The van der Waals surface area contributed by atoms with Gasteiger partial charge < -0.3 is 16.0 Å². The summed E-state index contributed by atoms with van der Waals surface area (Å²) in [6, 6.07) is 7.16. The van der Waals surface area contributed by atoms with Crippen molar-refractivity contribution < 1.29 is 9.59 Å². The van der Waals surface area contributed by atoms with E-state index in [9.17, 15) is 9.59 Å². The van der Waals surface area contributed by atoms with E-state index in [0.717, 1.165) is 5.56 Å². The van der Waals surface area contributed by atoms with Crippen molar-refractivity contribution in [2.24, 2.45) is 11.7 Å². The van der Waals surface area contributed by atoms with Gasteiger partial charge in [0.25, 0.3) is 0 Å². The maximum absolute atomic E-state index is 12.0. The minimum atomic E-state index is -0.461. The molecule has 3 N–H and O–H groups in total. The molecular formula is C15H21N3O2. The van der Waals surface area contributed by atoms with E-state index in [-0.39, 0.29) is 12.1 Å². The summed E-state index contributed by atoms with van der Waals surface area (Å²) in [5, 5.41) is 2.86. The van der Waals surface area contributed by atoms with Gasteiger partial charge in [0.1, 0.15) is 0 Å². The highest BCUT2D eigenvalue weighted by atomic mass is 16.2. The van der Waals surface area contributed by atoms with E-state index in [0.29, 0.717) is 18.0 Å².